The molecule has 0 radical (unpaired) electrons. The molecule has 0 aromatic carbocycles. The Balaban J connectivity index is 2.13. The van der Waals surface area contributed by atoms with Crippen molar-refractivity contribution in [2.75, 3.05) is 5.32 Å². The molecule has 0 aliphatic rings. The van der Waals surface area contributed by atoms with Gasteiger partial charge in [-0.05, 0) is 18.6 Å². The molecule has 0 aliphatic carbocycles. The number of halogens is 2. The number of rotatable bonds is 4. The summed E-state index contributed by atoms with van der Waals surface area (Å²) in [6.45, 7) is 2.05. The third-order valence-corrected chi connectivity index (χ3v) is 3.59. The molecule has 19 heavy (non-hydrogen) atoms. The van der Waals surface area contributed by atoms with Crippen LogP contribution in [0.2, 0.25) is 10.2 Å². The van der Waals surface area contributed by atoms with Gasteiger partial charge in [-0.15, -0.1) is 10.2 Å². The highest BCUT2D eigenvalue weighted by atomic mass is 35.5. The van der Waals surface area contributed by atoms with E-state index in [0.717, 1.165) is 17.8 Å². The van der Waals surface area contributed by atoms with E-state index in [2.05, 4.69) is 27.4 Å². The van der Waals surface area contributed by atoms with E-state index in [9.17, 15) is 4.79 Å². The lowest BCUT2D eigenvalue weighted by molar-refractivity contribution is 0.102. The van der Waals surface area contributed by atoms with Crippen molar-refractivity contribution in [3.63, 3.8) is 0 Å². The van der Waals surface area contributed by atoms with Gasteiger partial charge in [0, 0.05) is 6.42 Å². The minimum absolute atomic E-state index is 0.0707. The molecule has 2 heterocycles. The fourth-order valence-electron chi connectivity index (χ4n) is 1.35. The Bertz CT molecular complexity index is 602. The van der Waals surface area contributed by atoms with E-state index in [4.69, 9.17) is 23.2 Å². The second kappa shape index (κ2) is 6.27. The average Bonchev–Trinajstić information content (AvgIpc) is 2.80. The van der Waals surface area contributed by atoms with Crippen LogP contribution in [0.1, 0.15) is 28.8 Å². The number of hydrogen-bond donors (Lipinski definition) is 1. The van der Waals surface area contributed by atoms with E-state index in [1.807, 2.05) is 0 Å². The lowest BCUT2D eigenvalue weighted by atomic mass is 10.3. The molecule has 0 bridgehead atoms. The molecule has 100 valence electrons. The lowest BCUT2D eigenvalue weighted by Gasteiger charge is -2.02. The Kier molecular flexibility index (Phi) is 4.68. The smallest absolute Gasteiger partial charge is 0.277 e. The third kappa shape index (κ3) is 3.62. The Morgan fingerprint density at radius 1 is 1.37 bits per heavy atom. The van der Waals surface area contributed by atoms with Crippen LogP contribution in [0.25, 0.3) is 0 Å². The second-order valence-electron chi connectivity index (χ2n) is 3.67. The van der Waals surface area contributed by atoms with Crippen molar-refractivity contribution < 1.29 is 4.79 Å². The molecule has 2 aromatic heterocycles. The quantitative estimate of drug-likeness (QED) is 0.877. The molecule has 0 unspecified atom stereocenters. The Labute approximate surface area is 124 Å². The first kappa shape index (κ1) is 14.2. The van der Waals surface area contributed by atoms with Crippen LogP contribution < -0.4 is 5.32 Å². The Morgan fingerprint density at radius 2 is 2.16 bits per heavy atom. The van der Waals surface area contributed by atoms with Crippen molar-refractivity contribution >= 4 is 45.6 Å². The summed E-state index contributed by atoms with van der Waals surface area (Å²) < 4.78 is 0. The van der Waals surface area contributed by atoms with Gasteiger partial charge in [0.05, 0.1) is 5.02 Å². The predicted molar refractivity (Wildman–Crippen MR) is 76.1 cm³/mol. The maximum absolute atomic E-state index is 12.0. The zero-order valence-electron chi connectivity index (χ0n) is 9.98. The summed E-state index contributed by atoms with van der Waals surface area (Å²) in [5.41, 5.74) is 0.0707. The van der Waals surface area contributed by atoms with Crippen molar-refractivity contribution in [1.29, 1.82) is 0 Å². The summed E-state index contributed by atoms with van der Waals surface area (Å²) in [5, 5.41) is 12.2. The first-order valence-electron chi connectivity index (χ1n) is 5.56. The average molecular weight is 317 g/mol. The van der Waals surface area contributed by atoms with Gasteiger partial charge in [-0.1, -0.05) is 41.5 Å². The van der Waals surface area contributed by atoms with Crippen LogP contribution in [-0.4, -0.2) is 21.1 Å². The van der Waals surface area contributed by atoms with Gasteiger partial charge in [0.1, 0.15) is 15.9 Å². The van der Waals surface area contributed by atoms with Crippen LogP contribution >= 0.6 is 34.5 Å². The van der Waals surface area contributed by atoms with Crippen LogP contribution in [0.5, 0.6) is 0 Å². The molecule has 0 aliphatic heterocycles. The van der Waals surface area contributed by atoms with Gasteiger partial charge < -0.3 is 0 Å². The number of carbonyl (C=O) groups excluding carboxylic acids is 1. The fourth-order valence-corrected chi connectivity index (χ4v) is 2.53. The molecule has 5 nitrogen and oxygen atoms in total. The molecular weight excluding hydrogens is 307 g/mol. The zero-order chi connectivity index (χ0) is 13.8. The summed E-state index contributed by atoms with van der Waals surface area (Å²) in [6, 6.07) is 3.04. The lowest BCUT2D eigenvalue weighted by Crippen LogP contribution is -2.14. The highest BCUT2D eigenvalue weighted by Gasteiger charge is 2.15. The van der Waals surface area contributed by atoms with E-state index in [-0.39, 0.29) is 15.9 Å². The predicted octanol–water partition coefficient (Wildman–Crippen LogP) is 3.44. The van der Waals surface area contributed by atoms with E-state index in [0.29, 0.717) is 5.13 Å². The topological polar surface area (TPSA) is 67.8 Å². The molecule has 0 fully saturated rings. The number of pyridine rings is 1. The first-order chi connectivity index (χ1) is 9.10. The maximum Gasteiger partial charge on any atom is 0.277 e. The number of aromatic nitrogens is 3. The third-order valence-electron chi connectivity index (χ3n) is 2.18. The number of aryl methyl sites for hydroxylation is 1. The molecule has 0 spiro atoms. The van der Waals surface area contributed by atoms with Crippen LogP contribution in [0.4, 0.5) is 5.13 Å². The van der Waals surface area contributed by atoms with Crippen LogP contribution in [0.15, 0.2) is 12.1 Å². The monoisotopic (exact) mass is 316 g/mol. The fraction of sp³-hybridized carbons (Fsp3) is 0.273. The molecule has 0 saturated heterocycles. The first-order valence-corrected chi connectivity index (χ1v) is 7.13. The van der Waals surface area contributed by atoms with Crippen LogP contribution in [0, 0.1) is 0 Å². The molecule has 1 amide bonds. The molecule has 0 atom stereocenters. The van der Waals surface area contributed by atoms with Gasteiger partial charge in [0.15, 0.2) is 0 Å². The van der Waals surface area contributed by atoms with Gasteiger partial charge in [-0.25, -0.2) is 4.98 Å². The number of carbonyl (C=O) groups is 1. The van der Waals surface area contributed by atoms with E-state index >= 15 is 0 Å². The highest BCUT2D eigenvalue weighted by Crippen LogP contribution is 2.20. The number of nitrogens with zero attached hydrogens (tertiary/aromatic N) is 3. The van der Waals surface area contributed by atoms with E-state index in [1.54, 1.807) is 0 Å². The van der Waals surface area contributed by atoms with Crippen molar-refractivity contribution in [2.24, 2.45) is 0 Å². The molecule has 2 aromatic rings. The van der Waals surface area contributed by atoms with E-state index in [1.165, 1.54) is 23.5 Å². The SMILES string of the molecule is CCCc1nnc(NC(=O)c2nc(Cl)ccc2Cl)s1. The van der Waals surface area contributed by atoms with Gasteiger partial charge in [0.25, 0.3) is 5.91 Å². The number of amides is 1. The standard InChI is InChI=1S/C11H10Cl2N4OS/c1-2-3-8-16-17-11(19-8)15-10(18)9-6(12)4-5-7(13)14-9/h4-5H,2-3H2,1H3,(H,15,17,18). The zero-order valence-corrected chi connectivity index (χ0v) is 12.3. The summed E-state index contributed by atoms with van der Waals surface area (Å²) in [6.07, 6.45) is 1.81. The normalized spacial score (nSPS) is 10.5. The summed E-state index contributed by atoms with van der Waals surface area (Å²) >= 11 is 13.0. The maximum atomic E-state index is 12.0. The molecule has 0 saturated carbocycles. The molecular formula is C11H10Cl2N4OS. The van der Waals surface area contributed by atoms with E-state index < -0.39 is 5.91 Å². The van der Waals surface area contributed by atoms with Gasteiger partial charge in [-0.2, -0.15) is 0 Å². The summed E-state index contributed by atoms with van der Waals surface area (Å²) in [5.74, 6) is -0.452. The minimum Gasteiger partial charge on any atom is -0.295 e. The van der Waals surface area contributed by atoms with Crippen molar-refractivity contribution in [1.82, 2.24) is 15.2 Å². The van der Waals surface area contributed by atoms with Crippen molar-refractivity contribution in [3.8, 4) is 0 Å². The molecule has 2 rings (SSSR count). The van der Waals surface area contributed by atoms with Crippen molar-refractivity contribution in [2.45, 2.75) is 19.8 Å². The molecule has 1 N–H and O–H groups in total. The largest absolute Gasteiger partial charge is 0.295 e. The van der Waals surface area contributed by atoms with Crippen LogP contribution in [0.3, 0.4) is 0 Å². The number of nitrogens with one attached hydrogen (secondary N) is 1. The highest BCUT2D eigenvalue weighted by molar-refractivity contribution is 7.15. The molecule has 8 heteroatoms. The Morgan fingerprint density at radius 3 is 2.89 bits per heavy atom. The number of anilines is 1. The minimum atomic E-state index is -0.452. The van der Waals surface area contributed by atoms with Gasteiger partial charge in [0.2, 0.25) is 5.13 Å². The number of hydrogen-bond acceptors (Lipinski definition) is 5. The van der Waals surface area contributed by atoms with Gasteiger partial charge in [-0.3, -0.25) is 10.1 Å². The van der Waals surface area contributed by atoms with Crippen molar-refractivity contribution in [3.05, 3.63) is 33.0 Å². The summed E-state index contributed by atoms with van der Waals surface area (Å²) in [7, 11) is 0. The summed E-state index contributed by atoms with van der Waals surface area (Å²) in [4.78, 5) is 15.9. The van der Waals surface area contributed by atoms with Crippen LogP contribution in [-0.2, 0) is 6.42 Å². The second-order valence-corrected chi connectivity index (χ2v) is 5.53. The Hall–Kier alpha value is -1.24. The van der Waals surface area contributed by atoms with Gasteiger partial charge >= 0.3 is 0 Å².